The third kappa shape index (κ3) is 4.40. The highest BCUT2D eigenvalue weighted by atomic mass is 35.5. The number of hydrogen-bond donors (Lipinski definition) is 1. The van der Waals surface area contributed by atoms with Gasteiger partial charge in [0.1, 0.15) is 11.8 Å². The van der Waals surface area contributed by atoms with Gasteiger partial charge in [0.25, 0.3) is 0 Å². The smallest absolute Gasteiger partial charge is 0.247 e. The molecule has 2 aromatic carbocycles. The first kappa shape index (κ1) is 23.2. The summed E-state index contributed by atoms with van der Waals surface area (Å²) in [6.07, 6.45) is 5.12. The van der Waals surface area contributed by atoms with Crippen LogP contribution in [0, 0.1) is 22.7 Å². The van der Waals surface area contributed by atoms with Crippen molar-refractivity contribution in [2.75, 3.05) is 17.3 Å². The van der Waals surface area contributed by atoms with Crippen molar-refractivity contribution in [3.8, 4) is 17.9 Å². The Labute approximate surface area is 212 Å². The molecule has 0 amide bonds. The second-order valence-electron chi connectivity index (χ2n) is 8.32. The van der Waals surface area contributed by atoms with E-state index in [9.17, 15) is 10.5 Å². The van der Waals surface area contributed by atoms with Crippen molar-refractivity contribution in [2.45, 2.75) is 25.4 Å². The van der Waals surface area contributed by atoms with Crippen LogP contribution in [0.15, 0.2) is 49.2 Å². The third-order valence-corrected chi connectivity index (χ3v) is 6.35. The minimum absolute atomic E-state index is 0.222. The topological polar surface area (TPSA) is 115 Å². The van der Waals surface area contributed by atoms with Crippen molar-refractivity contribution in [1.82, 2.24) is 19.6 Å². The van der Waals surface area contributed by atoms with Gasteiger partial charge in [-0.15, -0.1) is 5.10 Å². The van der Waals surface area contributed by atoms with Crippen LogP contribution < -0.4 is 15.0 Å². The molecule has 178 valence electrons. The summed E-state index contributed by atoms with van der Waals surface area (Å²) >= 11 is 6.55. The van der Waals surface area contributed by atoms with Crippen LogP contribution >= 0.6 is 11.6 Å². The van der Waals surface area contributed by atoms with Crippen molar-refractivity contribution >= 4 is 40.8 Å². The number of ether oxygens (including phenoxy) is 1. The van der Waals surface area contributed by atoms with Crippen LogP contribution in [0.2, 0.25) is 5.02 Å². The number of halogens is 1. The zero-order chi connectivity index (χ0) is 25.2. The maximum atomic E-state index is 9.64. The number of aromatic nitrogens is 4. The highest BCUT2D eigenvalue weighted by molar-refractivity contribution is 6.34. The molecule has 1 aliphatic rings. The summed E-state index contributed by atoms with van der Waals surface area (Å²) in [5.41, 5.74) is 3.34. The number of hydrogen-bond acceptors (Lipinski definition) is 8. The highest BCUT2D eigenvalue weighted by Crippen LogP contribution is 2.36. The number of imidazole rings is 1. The second kappa shape index (κ2) is 9.57. The Balaban J connectivity index is 1.60. The fraction of sp³-hybridized carbons (Fsp3) is 0.192. The largest absolute Gasteiger partial charge is 0.497 e. The van der Waals surface area contributed by atoms with Gasteiger partial charge in [-0.05, 0) is 48.2 Å². The fourth-order valence-corrected chi connectivity index (χ4v) is 4.18. The number of nitrogens with zero attached hydrogens (tertiary/aromatic N) is 7. The monoisotopic (exact) mass is 496 g/mol. The van der Waals surface area contributed by atoms with Crippen LogP contribution in [0.3, 0.4) is 0 Å². The second-order valence-corrected chi connectivity index (χ2v) is 8.70. The van der Waals surface area contributed by atoms with E-state index in [0.29, 0.717) is 45.9 Å². The Bertz CT molecular complexity index is 1540. The Morgan fingerprint density at radius 3 is 2.67 bits per heavy atom. The molecule has 0 bridgehead atoms. The number of anilines is 3. The minimum atomic E-state index is 0.222. The summed E-state index contributed by atoms with van der Waals surface area (Å²) in [5, 5.41) is 27.1. The van der Waals surface area contributed by atoms with Gasteiger partial charge in [0.15, 0.2) is 17.2 Å². The van der Waals surface area contributed by atoms with Crippen molar-refractivity contribution in [3.63, 3.8) is 0 Å². The minimum Gasteiger partial charge on any atom is -0.497 e. The maximum absolute atomic E-state index is 9.64. The molecule has 1 N–H and O–H groups in total. The van der Waals surface area contributed by atoms with E-state index in [1.54, 1.807) is 25.3 Å². The van der Waals surface area contributed by atoms with Gasteiger partial charge >= 0.3 is 0 Å². The van der Waals surface area contributed by atoms with Crippen molar-refractivity contribution < 1.29 is 4.74 Å². The van der Waals surface area contributed by atoms with Crippen LogP contribution in [0.1, 0.15) is 35.2 Å². The van der Waals surface area contributed by atoms with E-state index >= 15 is 0 Å². The summed E-state index contributed by atoms with van der Waals surface area (Å²) < 4.78 is 6.76. The Morgan fingerprint density at radius 1 is 1.25 bits per heavy atom. The van der Waals surface area contributed by atoms with E-state index in [-0.39, 0.29) is 11.6 Å². The van der Waals surface area contributed by atoms with E-state index in [1.807, 2.05) is 24.3 Å². The van der Waals surface area contributed by atoms with Gasteiger partial charge < -0.3 is 15.0 Å². The lowest BCUT2D eigenvalue weighted by atomic mass is 10.1. The summed E-state index contributed by atoms with van der Waals surface area (Å²) in [6, 6.07) is 15.7. The molecule has 1 fully saturated rings. The number of benzene rings is 2. The number of rotatable bonds is 8. The summed E-state index contributed by atoms with van der Waals surface area (Å²) in [5.74, 6) is 1.61. The van der Waals surface area contributed by atoms with E-state index in [2.05, 4.69) is 39.0 Å². The average Bonchev–Trinajstić information content (AvgIpc) is 3.67. The Morgan fingerprint density at radius 2 is 2.03 bits per heavy atom. The van der Waals surface area contributed by atoms with Crippen molar-refractivity contribution in [2.24, 2.45) is 0 Å². The SMILES string of the molecule is C=Cc1cc(C#N)cc(Nc2nc(N(Cc3ccc(OC)cc3)C3CC3)c3ncc(C#N)n3n2)c1Cl. The van der Waals surface area contributed by atoms with Gasteiger partial charge in [-0.3, -0.25) is 0 Å². The molecule has 0 radical (unpaired) electrons. The van der Waals surface area contributed by atoms with Crippen LogP contribution in [0.5, 0.6) is 5.75 Å². The van der Waals surface area contributed by atoms with Crippen LogP contribution in [0.4, 0.5) is 17.5 Å². The van der Waals surface area contributed by atoms with Crippen LogP contribution in [-0.4, -0.2) is 32.7 Å². The molecule has 0 aliphatic heterocycles. The zero-order valence-corrected chi connectivity index (χ0v) is 20.2. The number of nitrogens with one attached hydrogen (secondary N) is 1. The number of fused-ring (bicyclic) bond motifs is 1. The molecule has 1 aliphatic carbocycles. The maximum Gasteiger partial charge on any atom is 0.247 e. The molecule has 10 heteroatoms. The molecule has 9 nitrogen and oxygen atoms in total. The lowest BCUT2D eigenvalue weighted by Gasteiger charge is -2.24. The van der Waals surface area contributed by atoms with Crippen molar-refractivity contribution in [1.29, 1.82) is 10.5 Å². The van der Waals surface area contributed by atoms with E-state index in [0.717, 1.165) is 24.2 Å². The van der Waals surface area contributed by atoms with Crippen LogP contribution in [-0.2, 0) is 6.54 Å². The molecule has 2 heterocycles. The molecule has 5 rings (SSSR count). The van der Waals surface area contributed by atoms with Gasteiger partial charge in [0.2, 0.25) is 5.95 Å². The molecule has 0 unspecified atom stereocenters. The van der Waals surface area contributed by atoms with E-state index in [4.69, 9.17) is 21.3 Å². The lowest BCUT2D eigenvalue weighted by Crippen LogP contribution is -2.27. The molecule has 0 atom stereocenters. The highest BCUT2D eigenvalue weighted by Gasteiger charge is 2.33. The molecular weight excluding hydrogens is 476 g/mol. The van der Waals surface area contributed by atoms with Gasteiger partial charge in [-0.2, -0.15) is 20.0 Å². The van der Waals surface area contributed by atoms with E-state index < -0.39 is 0 Å². The quantitative estimate of drug-likeness (QED) is 0.359. The summed E-state index contributed by atoms with van der Waals surface area (Å²) in [7, 11) is 1.64. The predicted molar refractivity (Wildman–Crippen MR) is 137 cm³/mol. The standard InChI is InChI=1S/C26H21ClN8O/c1-3-18-10-17(12-28)11-22(23(18)27)31-26-32-25(24-30-14-20(13-29)35(24)33-26)34(19-6-7-19)15-16-4-8-21(36-2)9-5-16/h3-5,8-11,14,19H,1,6-7,15H2,2H3,(H,31,33). The van der Waals surface area contributed by atoms with Crippen LogP contribution in [0.25, 0.3) is 11.7 Å². The predicted octanol–water partition coefficient (Wildman–Crippen LogP) is 5.09. The summed E-state index contributed by atoms with van der Waals surface area (Å²) in [4.78, 5) is 11.4. The normalized spacial score (nSPS) is 12.6. The zero-order valence-electron chi connectivity index (χ0n) is 19.4. The van der Waals surface area contributed by atoms with Crippen molar-refractivity contribution in [3.05, 3.63) is 76.6 Å². The van der Waals surface area contributed by atoms with Gasteiger partial charge in [0.05, 0.1) is 35.6 Å². The molecule has 1 saturated carbocycles. The number of nitriles is 2. The molecule has 4 aromatic rings. The lowest BCUT2D eigenvalue weighted by molar-refractivity contribution is 0.414. The first-order chi connectivity index (χ1) is 17.5. The molecular formula is C26H21ClN8O. The van der Waals surface area contributed by atoms with E-state index in [1.165, 1.54) is 10.7 Å². The Hall–Kier alpha value is -4.60. The van der Waals surface area contributed by atoms with Gasteiger partial charge in [0, 0.05) is 12.6 Å². The molecule has 36 heavy (non-hydrogen) atoms. The molecule has 2 aromatic heterocycles. The average molecular weight is 497 g/mol. The van der Waals surface area contributed by atoms with Gasteiger partial charge in [-0.25, -0.2) is 4.98 Å². The summed E-state index contributed by atoms with van der Waals surface area (Å²) in [6.45, 7) is 4.37. The first-order valence-electron chi connectivity index (χ1n) is 11.2. The molecule has 0 spiro atoms. The number of methoxy groups -OCH3 is 1. The Kier molecular flexibility index (Phi) is 6.16. The first-order valence-corrected chi connectivity index (χ1v) is 11.6. The fourth-order valence-electron chi connectivity index (χ4n) is 3.95. The molecule has 0 saturated heterocycles. The third-order valence-electron chi connectivity index (χ3n) is 5.93. The van der Waals surface area contributed by atoms with Gasteiger partial charge in [-0.1, -0.05) is 36.4 Å².